The van der Waals surface area contributed by atoms with Gasteiger partial charge in [0.05, 0.1) is 6.20 Å². The van der Waals surface area contributed by atoms with E-state index in [9.17, 15) is 21.6 Å². The largest absolute Gasteiger partial charge is 0.453 e. The van der Waals surface area contributed by atoms with Crippen molar-refractivity contribution < 1.29 is 26.1 Å². The molecular formula is C15H10ClF3N4O3S. The van der Waals surface area contributed by atoms with Crippen molar-refractivity contribution in [2.45, 2.75) is 18.0 Å². The van der Waals surface area contributed by atoms with Gasteiger partial charge in [-0.3, -0.25) is 4.55 Å². The van der Waals surface area contributed by atoms with E-state index in [2.05, 4.69) is 15.1 Å². The molecule has 7 nitrogen and oxygen atoms in total. The van der Waals surface area contributed by atoms with Crippen LogP contribution in [0.2, 0.25) is 5.02 Å². The highest BCUT2D eigenvalue weighted by atomic mass is 35.5. The van der Waals surface area contributed by atoms with Gasteiger partial charge in [-0.1, -0.05) is 23.7 Å². The number of hydrogen-bond acceptors (Lipinski definition) is 5. The number of aryl methyl sites for hydroxylation is 1. The fourth-order valence-corrected chi connectivity index (χ4v) is 2.77. The molecule has 0 radical (unpaired) electrons. The van der Waals surface area contributed by atoms with Crippen molar-refractivity contribution in [1.29, 1.82) is 0 Å². The highest BCUT2D eigenvalue weighted by Gasteiger charge is 2.37. The number of halogens is 4. The molecule has 0 aliphatic rings. The molecule has 0 fully saturated rings. The summed E-state index contributed by atoms with van der Waals surface area (Å²) in [5, 5.41) is 3.76. The summed E-state index contributed by atoms with van der Waals surface area (Å²) in [6, 6.07) is 6.65. The van der Waals surface area contributed by atoms with Crippen molar-refractivity contribution in [3.05, 3.63) is 52.9 Å². The maximum absolute atomic E-state index is 13.1. The van der Waals surface area contributed by atoms with Gasteiger partial charge in [-0.2, -0.15) is 26.3 Å². The average molecular weight is 419 g/mol. The molecule has 0 bridgehead atoms. The minimum Gasteiger partial charge on any atom is -0.282 e. The molecule has 0 unspecified atom stereocenters. The third-order valence-corrected chi connectivity index (χ3v) is 4.77. The molecule has 0 aliphatic carbocycles. The van der Waals surface area contributed by atoms with Gasteiger partial charge in [0, 0.05) is 10.6 Å². The van der Waals surface area contributed by atoms with Gasteiger partial charge in [0.2, 0.25) is 0 Å². The molecule has 0 atom stereocenters. The molecule has 0 saturated heterocycles. The smallest absolute Gasteiger partial charge is 0.282 e. The lowest BCUT2D eigenvalue weighted by molar-refractivity contribution is -0.144. The number of hydrogen-bond donors (Lipinski definition) is 1. The van der Waals surface area contributed by atoms with Crippen LogP contribution >= 0.6 is 11.6 Å². The van der Waals surface area contributed by atoms with E-state index >= 15 is 0 Å². The molecule has 2 heterocycles. The zero-order chi connectivity index (χ0) is 20.0. The summed E-state index contributed by atoms with van der Waals surface area (Å²) < 4.78 is 71.2. The van der Waals surface area contributed by atoms with Crippen LogP contribution in [0.4, 0.5) is 13.2 Å². The number of pyridine rings is 1. The van der Waals surface area contributed by atoms with Gasteiger partial charge in [0.1, 0.15) is 4.90 Å². The van der Waals surface area contributed by atoms with Gasteiger partial charge in [0.15, 0.2) is 11.6 Å². The fraction of sp³-hybridized carbons (Fsp3) is 0.133. The Bertz CT molecular complexity index is 1110. The highest BCUT2D eigenvalue weighted by molar-refractivity contribution is 7.85. The third-order valence-electron chi connectivity index (χ3n) is 3.53. The molecule has 0 aliphatic heterocycles. The van der Waals surface area contributed by atoms with E-state index in [0.29, 0.717) is 5.02 Å². The molecule has 0 amide bonds. The summed E-state index contributed by atoms with van der Waals surface area (Å²) in [6.07, 6.45) is -4.01. The maximum atomic E-state index is 13.1. The van der Waals surface area contributed by atoms with E-state index in [1.165, 1.54) is 12.1 Å². The molecule has 0 spiro atoms. The van der Waals surface area contributed by atoms with Gasteiger partial charge in [-0.15, -0.1) is 5.10 Å². The van der Waals surface area contributed by atoms with Crippen LogP contribution in [0.5, 0.6) is 0 Å². The summed E-state index contributed by atoms with van der Waals surface area (Å²) in [6.45, 7) is 1.73. The van der Waals surface area contributed by atoms with E-state index in [-0.39, 0.29) is 17.2 Å². The Morgan fingerprint density at radius 1 is 1.19 bits per heavy atom. The molecule has 142 valence electrons. The lowest BCUT2D eigenvalue weighted by Gasteiger charge is -2.07. The summed E-state index contributed by atoms with van der Waals surface area (Å²) >= 11 is 6.04. The normalized spacial score (nSPS) is 12.4. The van der Waals surface area contributed by atoms with E-state index < -0.39 is 27.0 Å². The summed E-state index contributed by atoms with van der Waals surface area (Å²) in [7, 11) is -4.50. The highest BCUT2D eigenvalue weighted by Crippen LogP contribution is 2.31. The van der Waals surface area contributed by atoms with E-state index in [0.717, 1.165) is 28.6 Å². The third kappa shape index (κ3) is 3.94. The molecular weight excluding hydrogens is 409 g/mol. The molecule has 3 aromatic rings. The van der Waals surface area contributed by atoms with Gasteiger partial charge in [0.25, 0.3) is 15.9 Å². The SMILES string of the molecule is Cc1ccc(-c2nc(C(F)(F)F)nn2-c2ccc(S(=O)(=O)O)cn2)cc1Cl. The zero-order valence-electron chi connectivity index (χ0n) is 13.4. The molecule has 12 heteroatoms. The quantitative estimate of drug-likeness (QED) is 0.653. The minimum absolute atomic E-state index is 0.128. The van der Waals surface area contributed by atoms with E-state index in [1.54, 1.807) is 13.0 Å². The zero-order valence-corrected chi connectivity index (χ0v) is 15.0. The predicted molar refractivity (Wildman–Crippen MR) is 89.2 cm³/mol. The topological polar surface area (TPSA) is 98.0 Å². The van der Waals surface area contributed by atoms with Crippen LogP contribution in [-0.2, 0) is 16.3 Å². The van der Waals surface area contributed by atoms with Crippen LogP contribution in [0.3, 0.4) is 0 Å². The Kier molecular flexibility index (Phi) is 4.70. The van der Waals surface area contributed by atoms with Crippen LogP contribution in [0.1, 0.15) is 11.4 Å². The molecule has 1 N–H and O–H groups in total. The Morgan fingerprint density at radius 2 is 1.89 bits per heavy atom. The lowest BCUT2D eigenvalue weighted by Crippen LogP contribution is -2.09. The Labute approximate surface area is 156 Å². The first kappa shape index (κ1) is 19.3. The van der Waals surface area contributed by atoms with Crippen LogP contribution in [-0.4, -0.2) is 32.7 Å². The monoisotopic (exact) mass is 418 g/mol. The summed E-state index contributed by atoms with van der Waals surface area (Å²) in [5.41, 5.74) is 0.979. The number of nitrogens with zero attached hydrogens (tertiary/aromatic N) is 4. The van der Waals surface area contributed by atoms with Crippen LogP contribution in [0, 0.1) is 6.92 Å². The Hall–Kier alpha value is -2.50. The standard InChI is InChI=1S/C15H10ClF3N4O3S/c1-8-2-3-9(6-11(8)16)13-21-14(15(17,18)19)22-23(13)12-5-4-10(7-20-12)27(24,25)26/h2-7H,1H3,(H,24,25,26). The van der Waals surface area contributed by atoms with E-state index in [4.69, 9.17) is 16.2 Å². The molecule has 2 aromatic heterocycles. The first-order valence-electron chi connectivity index (χ1n) is 7.21. The Morgan fingerprint density at radius 3 is 2.41 bits per heavy atom. The predicted octanol–water partition coefficient (Wildman–Crippen LogP) is 3.56. The van der Waals surface area contributed by atoms with Gasteiger partial charge in [-0.25, -0.2) is 9.97 Å². The van der Waals surface area contributed by atoms with Crippen LogP contribution in [0.15, 0.2) is 41.4 Å². The fourth-order valence-electron chi connectivity index (χ4n) is 2.16. The average Bonchev–Trinajstić information content (AvgIpc) is 3.02. The second kappa shape index (κ2) is 6.59. The molecule has 3 rings (SSSR count). The van der Waals surface area contributed by atoms with Crippen molar-refractivity contribution in [3.8, 4) is 17.2 Å². The molecule has 0 saturated carbocycles. The minimum atomic E-state index is -4.80. The molecule has 27 heavy (non-hydrogen) atoms. The van der Waals surface area contributed by atoms with Crippen LogP contribution in [0.25, 0.3) is 17.2 Å². The number of alkyl halides is 3. The second-order valence-electron chi connectivity index (χ2n) is 5.46. The Balaban J connectivity index is 2.19. The first-order chi connectivity index (χ1) is 12.5. The van der Waals surface area contributed by atoms with Crippen molar-refractivity contribution in [2.24, 2.45) is 0 Å². The van der Waals surface area contributed by atoms with E-state index in [1.807, 2.05) is 0 Å². The molecule has 1 aromatic carbocycles. The maximum Gasteiger partial charge on any atom is 0.453 e. The van der Waals surface area contributed by atoms with Gasteiger partial charge in [-0.05, 0) is 30.7 Å². The number of aromatic nitrogens is 4. The van der Waals surface area contributed by atoms with Gasteiger partial charge >= 0.3 is 6.18 Å². The number of benzene rings is 1. The van der Waals surface area contributed by atoms with Crippen molar-refractivity contribution >= 4 is 21.7 Å². The lowest BCUT2D eigenvalue weighted by atomic mass is 10.1. The summed E-state index contributed by atoms with van der Waals surface area (Å²) in [4.78, 5) is 6.78. The summed E-state index contributed by atoms with van der Waals surface area (Å²) in [5.74, 6) is -1.71. The van der Waals surface area contributed by atoms with Crippen LogP contribution < -0.4 is 0 Å². The van der Waals surface area contributed by atoms with Gasteiger partial charge < -0.3 is 0 Å². The van der Waals surface area contributed by atoms with Crippen molar-refractivity contribution in [2.75, 3.05) is 0 Å². The van der Waals surface area contributed by atoms with Crippen molar-refractivity contribution in [3.63, 3.8) is 0 Å². The number of rotatable bonds is 3. The second-order valence-corrected chi connectivity index (χ2v) is 7.29. The first-order valence-corrected chi connectivity index (χ1v) is 9.03. The van der Waals surface area contributed by atoms with Crippen molar-refractivity contribution in [1.82, 2.24) is 19.7 Å².